The molecule has 0 spiro atoms. The number of nitrogens with zero attached hydrogens (tertiary/aromatic N) is 2. The number of rotatable bonds is 4. The molecule has 0 saturated carbocycles. The summed E-state index contributed by atoms with van der Waals surface area (Å²) in [7, 11) is 0. The maximum absolute atomic E-state index is 13.1. The fourth-order valence-electron chi connectivity index (χ4n) is 3.59. The van der Waals surface area contributed by atoms with Gasteiger partial charge >= 0.3 is 0 Å². The Labute approximate surface area is 173 Å². The van der Waals surface area contributed by atoms with E-state index in [0.29, 0.717) is 32.8 Å². The van der Waals surface area contributed by atoms with Crippen molar-refractivity contribution in [1.82, 2.24) is 9.80 Å². The van der Waals surface area contributed by atoms with Crippen LogP contribution in [0.4, 0.5) is 4.39 Å². The fraction of sp³-hybridized carbons (Fsp3) is 0.364. The van der Waals surface area contributed by atoms with Gasteiger partial charge in [0.25, 0.3) is 5.91 Å². The summed E-state index contributed by atoms with van der Waals surface area (Å²) in [5, 5.41) is 0. The third-order valence-electron chi connectivity index (χ3n) is 5.25. The number of piperazine rings is 1. The summed E-state index contributed by atoms with van der Waals surface area (Å²) in [6.07, 6.45) is 4.82. The van der Waals surface area contributed by atoms with Gasteiger partial charge in [0.05, 0.1) is 0 Å². The second-order valence-corrected chi connectivity index (χ2v) is 8.31. The first-order valence-corrected chi connectivity index (χ1v) is 10.6. The maximum Gasteiger partial charge on any atom is 0.251 e. The number of hydrogen-bond donors (Lipinski definition) is 0. The lowest BCUT2D eigenvalue weighted by Crippen LogP contribution is -2.52. The number of amides is 2. The third-order valence-corrected chi connectivity index (χ3v) is 6.35. The highest BCUT2D eigenvalue weighted by atomic mass is 32.1. The van der Waals surface area contributed by atoms with Crippen molar-refractivity contribution in [3.63, 3.8) is 0 Å². The zero-order chi connectivity index (χ0) is 20.2. The van der Waals surface area contributed by atoms with Crippen LogP contribution in [0.5, 0.6) is 0 Å². The topological polar surface area (TPSA) is 49.9 Å². The number of carbonyl (C=O) groups excluding carboxylic acids is 2. The molecule has 29 heavy (non-hydrogen) atoms. The van der Waals surface area contributed by atoms with E-state index in [-0.39, 0.29) is 23.7 Å². The second-order valence-electron chi connectivity index (χ2n) is 7.19. The molecular formula is C22H23FN2O3S. The van der Waals surface area contributed by atoms with E-state index in [1.165, 1.54) is 12.1 Å². The van der Waals surface area contributed by atoms with Crippen LogP contribution in [0.25, 0.3) is 16.5 Å². The van der Waals surface area contributed by atoms with E-state index in [9.17, 15) is 14.0 Å². The van der Waals surface area contributed by atoms with Crippen molar-refractivity contribution in [2.75, 3.05) is 32.8 Å². The Morgan fingerprint density at radius 3 is 2.45 bits per heavy atom. The minimum atomic E-state index is -0.300. The van der Waals surface area contributed by atoms with Crippen LogP contribution < -0.4 is 0 Å². The molecule has 1 unspecified atom stereocenters. The summed E-state index contributed by atoms with van der Waals surface area (Å²) < 4.78 is 18.5. The zero-order valence-electron chi connectivity index (χ0n) is 16.1. The van der Waals surface area contributed by atoms with E-state index in [1.54, 1.807) is 39.3 Å². The summed E-state index contributed by atoms with van der Waals surface area (Å²) in [4.78, 5) is 30.4. The monoisotopic (exact) mass is 414 g/mol. The Hall–Kier alpha value is -2.51. The lowest BCUT2D eigenvalue weighted by Gasteiger charge is -2.35. The third kappa shape index (κ3) is 4.74. The molecule has 2 aliphatic rings. The molecule has 3 heterocycles. The molecule has 0 radical (unpaired) electrons. The molecule has 7 heteroatoms. The van der Waals surface area contributed by atoms with Gasteiger partial charge in [-0.2, -0.15) is 0 Å². The lowest BCUT2D eigenvalue weighted by atomic mass is 10.2. The molecule has 5 nitrogen and oxygen atoms in total. The quantitative estimate of drug-likeness (QED) is 0.721. The Balaban J connectivity index is 1.30. The molecule has 2 amide bonds. The van der Waals surface area contributed by atoms with Crippen LogP contribution in [0.2, 0.25) is 0 Å². The standard InChI is InChI=1S/C22H23FN2O3S/c23-17-5-3-16(4-6-17)20-9-7-18(29-20)8-10-21(26)24-11-13-25(14-12-24)22(27)19-2-1-15-28-19/h3-10,19H,1-2,11-15H2. The number of ether oxygens (including phenoxy) is 1. The van der Waals surface area contributed by atoms with Crippen LogP contribution in [0.3, 0.4) is 0 Å². The Kier molecular flexibility index (Phi) is 6.06. The molecule has 152 valence electrons. The van der Waals surface area contributed by atoms with Crippen LogP contribution >= 0.6 is 11.3 Å². The van der Waals surface area contributed by atoms with Gasteiger partial charge in [0.2, 0.25) is 5.91 Å². The van der Waals surface area contributed by atoms with Crippen LogP contribution in [-0.4, -0.2) is 60.5 Å². The largest absolute Gasteiger partial charge is 0.368 e. The highest BCUT2D eigenvalue weighted by Crippen LogP contribution is 2.29. The van der Waals surface area contributed by atoms with Crippen molar-refractivity contribution >= 4 is 29.2 Å². The average molecular weight is 415 g/mol. The first-order chi connectivity index (χ1) is 14.1. The number of thiophene rings is 1. The van der Waals surface area contributed by atoms with E-state index < -0.39 is 0 Å². The van der Waals surface area contributed by atoms with E-state index in [4.69, 9.17) is 4.74 Å². The van der Waals surface area contributed by atoms with Gasteiger partial charge in [0, 0.05) is 48.6 Å². The zero-order valence-corrected chi connectivity index (χ0v) is 16.9. The molecule has 0 N–H and O–H groups in total. The normalized spacial score (nSPS) is 19.8. The predicted octanol–water partition coefficient (Wildman–Crippen LogP) is 3.42. The van der Waals surface area contributed by atoms with Gasteiger partial charge in [-0.05, 0) is 48.7 Å². The van der Waals surface area contributed by atoms with Gasteiger partial charge in [-0.3, -0.25) is 9.59 Å². The minimum Gasteiger partial charge on any atom is -0.368 e. The van der Waals surface area contributed by atoms with Gasteiger partial charge in [0.15, 0.2) is 0 Å². The predicted molar refractivity (Wildman–Crippen MR) is 111 cm³/mol. The molecule has 0 bridgehead atoms. The number of benzene rings is 1. The molecule has 1 aromatic heterocycles. The molecule has 1 atom stereocenters. The van der Waals surface area contributed by atoms with Crippen LogP contribution in [0, 0.1) is 5.82 Å². The fourth-order valence-corrected chi connectivity index (χ4v) is 4.51. The molecule has 2 aromatic rings. The van der Waals surface area contributed by atoms with Crippen LogP contribution in [0.15, 0.2) is 42.5 Å². The molecular weight excluding hydrogens is 391 g/mol. The summed E-state index contributed by atoms with van der Waals surface area (Å²) in [6, 6.07) is 10.3. The molecule has 2 aliphatic heterocycles. The number of halogens is 1. The van der Waals surface area contributed by atoms with Gasteiger partial charge in [0.1, 0.15) is 11.9 Å². The van der Waals surface area contributed by atoms with E-state index in [2.05, 4.69) is 0 Å². The Bertz CT molecular complexity index is 895. The van der Waals surface area contributed by atoms with Crippen molar-refractivity contribution in [3.05, 3.63) is 53.2 Å². The average Bonchev–Trinajstić information content (AvgIpc) is 3.44. The van der Waals surface area contributed by atoms with Crippen molar-refractivity contribution in [2.45, 2.75) is 18.9 Å². The molecule has 4 rings (SSSR count). The van der Waals surface area contributed by atoms with Gasteiger partial charge in [-0.15, -0.1) is 11.3 Å². The van der Waals surface area contributed by atoms with Crippen molar-refractivity contribution < 1.29 is 18.7 Å². The molecule has 0 aliphatic carbocycles. The highest BCUT2D eigenvalue weighted by Gasteiger charge is 2.30. The summed E-state index contributed by atoms with van der Waals surface area (Å²) >= 11 is 1.55. The van der Waals surface area contributed by atoms with E-state index >= 15 is 0 Å². The molecule has 1 aromatic carbocycles. The SMILES string of the molecule is O=C(C=Cc1ccc(-c2ccc(F)cc2)s1)N1CCN(C(=O)C2CCCO2)CC1. The first-order valence-electron chi connectivity index (χ1n) is 9.83. The van der Waals surface area contributed by atoms with Gasteiger partial charge in [-0.25, -0.2) is 4.39 Å². The highest BCUT2D eigenvalue weighted by molar-refractivity contribution is 7.16. The van der Waals surface area contributed by atoms with E-state index in [0.717, 1.165) is 28.2 Å². The van der Waals surface area contributed by atoms with Gasteiger partial charge < -0.3 is 14.5 Å². The Morgan fingerprint density at radius 1 is 1.03 bits per heavy atom. The van der Waals surface area contributed by atoms with Crippen LogP contribution in [0.1, 0.15) is 17.7 Å². The first kappa shape index (κ1) is 19.8. The summed E-state index contributed by atoms with van der Waals surface area (Å²) in [6.45, 7) is 2.82. The molecule has 2 saturated heterocycles. The van der Waals surface area contributed by atoms with Crippen LogP contribution in [-0.2, 0) is 14.3 Å². The smallest absolute Gasteiger partial charge is 0.251 e. The second kappa shape index (κ2) is 8.88. The summed E-state index contributed by atoms with van der Waals surface area (Å²) in [5.41, 5.74) is 0.953. The Morgan fingerprint density at radius 2 is 1.76 bits per heavy atom. The van der Waals surface area contributed by atoms with Crippen molar-refractivity contribution in [3.8, 4) is 10.4 Å². The van der Waals surface area contributed by atoms with Gasteiger partial charge in [-0.1, -0.05) is 12.1 Å². The van der Waals surface area contributed by atoms with Crippen molar-refractivity contribution in [1.29, 1.82) is 0 Å². The number of hydrogen-bond acceptors (Lipinski definition) is 4. The summed E-state index contributed by atoms with van der Waals surface area (Å²) in [5.74, 6) is -0.253. The molecule has 2 fully saturated rings. The van der Waals surface area contributed by atoms with Crippen molar-refractivity contribution in [2.24, 2.45) is 0 Å². The maximum atomic E-state index is 13.1. The lowest BCUT2D eigenvalue weighted by molar-refractivity contribution is -0.144. The minimum absolute atomic E-state index is 0.0500. The van der Waals surface area contributed by atoms with E-state index in [1.807, 2.05) is 18.2 Å². The number of carbonyl (C=O) groups is 2.